The Morgan fingerprint density at radius 3 is 1.20 bits per heavy atom. The predicted molar refractivity (Wildman–Crippen MR) is 10.2 cm³/mol. The molecule has 0 aromatic heterocycles. The second-order valence-electron chi connectivity index (χ2n) is 0. The van der Waals surface area contributed by atoms with Crippen LogP contribution < -0.4 is 48.4 Å². The molecule has 0 bridgehead atoms. The third kappa shape index (κ3) is 18.7. The van der Waals surface area contributed by atoms with Gasteiger partial charge in [0.05, 0.1) is 0 Å². The molecule has 0 saturated carbocycles. The van der Waals surface area contributed by atoms with Crippen LogP contribution in [0.1, 0.15) is 5.71 Å². The van der Waals surface area contributed by atoms with E-state index in [1.54, 1.807) is 0 Å². The molecule has 1 radical (unpaired) electrons. The zero-order valence-electron chi connectivity index (χ0n) is 7.36. The first-order valence-electron chi connectivity index (χ1n) is 0. The topological polar surface area (TPSA) is 0 Å². The Hall–Kier alpha value is 3.36. The molecule has 0 spiro atoms. The Morgan fingerprint density at radius 2 is 1.20 bits per heavy atom. The van der Waals surface area contributed by atoms with Gasteiger partial charge in [-0.15, -0.1) is 0 Å². The molecular weight excluding hydrogens is 172 g/mol. The monoisotopic (exact) mass is 175 g/mol. The normalized spacial score (nSPS) is 0. The van der Waals surface area contributed by atoms with Crippen LogP contribution in [0.25, 0.3) is 0 Å². The second kappa shape index (κ2) is 26.4. The molecule has 0 fully saturated rings. The molecular formula is H4CoLiMgNaNi. The predicted octanol–water partition coefficient (Wildman–Crippen LogP) is -5.93. The van der Waals surface area contributed by atoms with Crippen LogP contribution in [0.4, 0.5) is 0 Å². The summed E-state index contributed by atoms with van der Waals surface area (Å²) in [5, 5.41) is 0. The minimum atomic E-state index is 0. The SMILES string of the molecule is [Co].[H-].[H-].[H-].[H-].[Li+].[Mg+2].[Na+].[Ni]. The molecule has 0 aromatic carbocycles. The molecule has 0 amide bonds. The summed E-state index contributed by atoms with van der Waals surface area (Å²) in [5.74, 6) is 0. The Balaban J connectivity index is 0. The maximum absolute atomic E-state index is 0. The van der Waals surface area contributed by atoms with Crippen LogP contribution in [-0.2, 0) is 33.3 Å². The van der Waals surface area contributed by atoms with Gasteiger partial charge in [-0.3, -0.25) is 0 Å². The molecule has 0 rings (SSSR count). The van der Waals surface area contributed by atoms with E-state index in [0.29, 0.717) is 0 Å². The molecule has 0 aromatic rings. The average molecular weight is 176 g/mol. The maximum Gasteiger partial charge on any atom is 2.00 e. The van der Waals surface area contributed by atoms with Crippen LogP contribution in [-0.4, -0.2) is 23.1 Å². The van der Waals surface area contributed by atoms with Crippen molar-refractivity contribution in [1.82, 2.24) is 0 Å². The molecule has 0 saturated heterocycles. The number of hydrogen-bond donors (Lipinski definition) is 0. The van der Waals surface area contributed by atoms with Gasteiger partial charge in [0.25, 0.3) is 0 Å². The fourth-order valence-corrected chi connectivity index (χ4v) is 0. The Morgan fingerprint density at radius 1 is 1.20 bits per heavy atom. The summed E-state index contributed by atoms with van der Waals surface area (Å²) in [6.07, 6.45) is 0. The molecule has 0 N–H and O–H groups in total. The zero-order chi connectivity index (χ0) is 0. The van der Waals surface area contributed by atoms with Gasteiger partial charge in [0.15, 0.2) is 0 Å². The summed E-state index contributed by atoms with van der Waals surface area (Å²) in [4.78, 5) is 0. The first-order valence-corrected chi connectivity index (χ1v) is 0. The van der Waals surface area contributed by atoms with E-state index in [2.05, 4.69) is 0 Å². The van der Waals surface area contributed by atoms with Crippen molar-refractivity contribution in [2.75, 3.05) is 0 Å². The summed E-state index contributed by atoms with van der Waals surface area (Å²) in [6, 6.07) is 0. The smallest absolute Gasteiger partial charge is 1.00 e. The number of rotatable bonds is 0. The van der Waals surface area contributed by atoms with Gasteiger partial charge in [-0.2, -0.15) is 0 Å². The molecule has 5 heavy (non-hydrogen) atoms. The summed E-state index contributed by atoms with van der Waals surface area (Å²) in [5.41, 5.74) is 0. The van der Waals surface area contributed by atoms with E-state index in [-0.39, 0.29) is 110 Å². The Kier molecular flexibility index (Phi) is 211. The minimum Gasteiger partial charge on any atom is -1.00 e. The summed E-state index contributed by atoms with van der Waals surface area (Å²) >= 11 is 0. The maximum atomic E-state index is 0. The molecule has 0 aliphatic carbocycles. The van der Waals surface area contributed by atoms with E-state index in [0.717, 1.165) is 0 Å². The summed E-state index contributed by atoms with van der Waals surface area (Å²) in [7, 11) is 0. The van der Waals surface area contributed by atoms with Crippen LogP contribution in [0.15, 0.2) is 0 Å². The van der Waals surface area contributed by atoms with Gasteiger partial charge >= 0.3 is 71.5 Å². The molecule has 0 aliphatic heterocycles. The number of hydrogen-bond acceptors (Lipinski definition) is 0. The van der Waals surface area contributed by atoms with Gasteiger partial charge in [0, 0.05) is 33.3 Å². The molecule has 5 heteroatoms. The van der Waals surface area contributed by atoms with Crippen LogP contribution >= 0.6 is 0 Å². The van der Waals surface area contributed by atoms with Gasteiger partial charge in [0.2, 0.25) is 0 Å². The quantitative estimate of drug-likeness (QED) is 0.322. The minimum absolute atomic E-state index is 0. The van der Waals surface area contributed by atoms with Crippen LogP contribution in [0.3, 0.4) is 0 Å². The van der Waals surface area contributed by atoms with Crippen molar-refractivity contribution < 1.29 is 87.4 Å². The van der Waals surface area contributed by atoms with Gasteiger partial charge in [-0.25, -0.2) is 0 Å². The third-order valence-electron chi connectivity index (χ3n) is 0. The van der Waals surface area contributed by atoms with Crippen molar-refractivity contribution in [3.05, 3.63) is 0 Å². The van der Waals surface area contributed by atoms with Crippen molar-refractivity contribution >= 4 is 23.1 Å². The molecule has 27 valence electrons. The standard InChI is InChI=1S/Co.Li.Mg.Na.Ni.4H/q;+1;+2;+1;;4*-1. The van der Waals surface area contributed by atoms with Gasteiger partial charge in [-0.1, -0.05) is 0 Å². The van der Waals surface area contributed by atoms with Crippen molar-refractivity contribution in [1.29, 1.82) is 0 Å². The van der Waals surface area contributed by atoms with Crippen molar-refractivity contribution in [3.63, 3.8) is 0 Å². The fraction of sp³-hybridized carbons (Fsp3) is 0. The Bertz CT molecular complexity index is 20.5. The van der Waals surface area contributed by atoms with Gasteiger partial charge in [-0.05, 0) is 0 Å². The fourth-order valence-electron chi connectivity index (χ4n) is 0. The van der Waals surface area contributed by atoms with Crippen LogP contribution in [0.5, 0.6) is 0 Å². The molecule has 0 unspecified atom stereocenters. The molecule has 0 atom stereocenters. The van der Waals surface area contributed by atoms with Gasteiger partial charge in [0.1, 0.15) is 0 Å². The van der Waals surface area contributed by atoms with Crippen molar-refractivity contribution in [2.24, 2.45) is 0 Å². The third-order valence-corrected chi connectivity index (χ3v) is 0. The average Bonchev–Trinajstić information content (AvgIpc) is 0. The molecule has 0 aliphatic rings. The first-order chi connectivity index (χ1) is 0. The van der Waals surface area contributed by atoms with E-state index in [1.165, 1.54) is 0 Å². The van der Waals surface area contributed by atoms with E-state index in [9.17, 15) is 0 Å². The van der Waals surface area contributed by atoms with E-state index in [4.69, 9.17) is 0 Å². The van der Waals surface area contributed by atoms with E-state index in [1.807, 2.05) is 0 Å². The zero-order valence-corrected chi connectivity index (χ0v) is 8.80. The van der Waals surface area contributed by atoms with Crippen LogP contribution in [0, 0.1) is 0 Å². The first kappa shape index (κ1) is 40.1. The summed E-state index contributed by atoms with van der Waals surface area (Å²) in [6.45, 7) is 0. The van der Waals surface area contributed by atoms with Crippen molar-refractivity contribution in [2.45, 2.75) is 0 Å². The van der Waals surface area contributed by atoms with Crippen LogP contribution in [0.2, 0.25) is 0 Å². The largest absolute Gasteiger partial charge is 2.00 e. The van der Waals surface area contributed by atoms with Gasteiger partial charge < -0.3 is 5.71 Å². The Labute approximate surface area is 109 Å². The van der Waals surface area contributed by atoms with E-state index < -0.39 is 0 Å². The van der Waals surface area contributed by atoms with E-state index >= 15 is 0 Å². The molecule has 0 heterocycles. The molecule has 0 nitrogen and oxygen atoms in total. The van der Waals surface area contributed by atoms with Crippen molar-refractivity contribution in [3.8, 4) is 0 Å². The summed E-state index contributed by atoms with van der Waals surface area (Å²) < 4.78 is 0. The second-order valence-corrected chi connectivity index (χ2v) is 0.